The standard InChI is InChI=1S/C9H13FO2S/c1-5-9(13(4,11)12)8(10)6-7(2)3/h5-6H,1H2,2-4H3. The highest BCUT2D eigenvalue weighted by Gasteiger charge is 2.12. The average Bonchev–Trinajstić information content (AvgIpc) is 1.82. The summed E-state index contributed by atoms with van der Waals surface area (Å²) in [7, 11) is -3.52. The summed E-state index contributed by atoms with van der Waals surface area (Å²) >= 11 is 0. The van der Waals surface area contributed by atoms with Crippen molar-refractivity contribution in [1.29, 1.82) is 0 Å². The van der Waals surface area contributed by atoms with Gasteiger partial charge in [0.05, 0.1) is 0 Å². The summed E-state index contributed by atoms with van der Waals surface area (Å²) in [5.74, 6) is -0.766. The number of hydrogen-bond acceptors (Lipinski definition) is 2. The molecule has 0 aliphatic heterocycles. The van der Waals surface area contributed by atoms with Crippen LogP contribution in [0.5, 0.6) is 0 Å². The van der Waals surface area contributed by atoms with Crippen LogP contribution in [0.4, 0.5) is 4.39 Å². The van der Waals surface area contributed by atoms with E-state index in [-0.39, 0.29) is 4.91 Å². The fourth-order valence-electron chi connectivity index (χ4n) is 0.751. The smallest absolute Gasteiger partial charge is 0.178 e. The zero-order valence-corrected chi connectivity index (χ0v) is 8.78. The van der Waals surface area contributed by atoms with Crippen molar-refractivity contribution in [3.05, 3.63) is 35.0 Å². The zero-order valence-electron chi connectivity index (χ0n) is 7.96. The van der Waals surface area contributed by atoms with Gasteiger partial charge in [-0.1, -0.05) is 12.2 Å². The quantitative estimate of drug-likeness (QED) is 0.661. The summed E-state index contributed by atoms with van der Waals surface area (Å²) in [6.07, 6.45) is 3.12. The predicted octanol–water partition coefficient (Wildman–Crippen LogP) is 2.36. The molecule has 0 aliphatic carbocycles. The number of allylic oxidation sites excluding steroid dienone is 4. The van der Waals surface area contributed by atoms with E-state index in [1.165, 1.54) is 0 Å². The predicted molar refractivity (Wildman–Crippen MR) is 52.6 cm³/mol. The summed E-state index contributed by atoms with van der Waals surface area (Å²) in [4.78, 5) is -0.367. The second-order valence-electron chi connectivity index (χ2n) is 2.91. The lowest BCUT2D eigenvalue weighted by molar-refractivity contribution is 0.603. The van der Waals surface area contributed by atoms with Gasteiger partial charge < -0.3 is 0 Å². The van der Waals surface area contributed by atoms with E-state index in [9.17, 15) is 12.8 Å². The van der Waals surface area contributed by atoms with Crippen LogP contribution in [0.2, 0.25) is 0 Å². The topological polar surface area (TPSA) is 34.1 Å². The Kier molecular flexibility index (Phi) is 4.07. The van der Waals surface area contributed by atoms with Crippen molar-refractivity contribution >= 4 is 9.84 Å². The summed E-state index contributed by atoms with van der Waals surface area (Å²) in [5.41, 5.74) is 0.695. The number of rotatable bonds is 3. The lowest BCUT2D eigenvalue weighted by Crippen LogP contribution is -1.99. The first-order valence-electron chi connectivity index (χ1n) is 3.66. The molecule has 2 nitrogen and oxygen atoms in total. The van der Waals surface area contributed by atoms with E-state index in [4.69, 9.17) is 0 Å². The molecule has 0 spiro atoms. The van der Waals surface area contributed by atoms with Crippen molar-refractivity contribution in [3.63, 3.8) is 0 Å². The molecule has 0 aromatic heterocycles. The van der Waals surface area contributed by atoms with Gasteiger partial charge in [0, 0.05) is 6.26 Å². The van der Waals surface area contributed by atoms with Gasteiger partial charge in [-0.25, -0.2) is 12.8 Å². The maximum Gasteiger partial charge on any atom is 0.178 e. The summed E-state index contributed by atoms with van der Waals surface area (Å²) in [6, 6.07) is 0. The Morgan fingerprint density at radius 1 is 1.38 bits per heavy atom. The lowest BCUT2D eigenvalue weighted by Gasteiger charge is -1.99. The minimum absolute atomic E-state index is 0.367. The van der Waals surface area contributed by atoms with E-state index in [0.717, 1.165) is 18.4 Å². The molecule has 74 valence electrons. The molecular formula is C9H13FO2S. The van der Waals surface area contributed by atoms with Crippen molar-refractivity contribution < 1.29 is 12.8 Å². The molecule has 0 atom stereocenters. The third kappa shape index (κ3) is 4.03. The van der Waals surface area contributed by atoms with Gasteiger partial charge in [-0.15, -0.1) is 0 Å². The molecule has 0 unspecified atom stereocenters. The summed E-state index contributed by atoms with van der Waals surface area (Å²) in [6.45, 7) is 6.62. The van der Waals surface area contributed by atoms with Crippen LogP contribution in [0.1, 0.15) is 13.8 Å². The van der Waals surface area contributed by atoms with Crippen molar-refractivity contribution in [2.75, 3.05) is 6.26 Å². The molecule has 0 saturated heterocycles. The first-order chi connectivity index (χ1) is 5.79. The van der Waals surface area contributed by atoms with E-state index in [2.05, 4.69) is 6.58 Å². The van der Waals surface area contributed by atoms with Crippen molar-refractivity contribution in [3.8, 4) is 0 Å². The van der Waals surface area contributed by atoms with Crippen LogP contribution in [0.3, 0.4) is 0 Å². The molecule has 0 N–H and O–H groups in total. The number of halogens is 1. The fourth-order valence-corrected chi connectivity index (χ4v) is 1.47. The van der Waals surface area contributed by atoms with Gasteiger partial charge in [0.25, 0.3) is 0 Å². The molecule has 0 rings (SSSR count). The molecule has 0 radical (unpaired) electrons. The Morgan fingerprint density at radius 3 is 2.08 bits per heavy atom. The molecule has 0 aromatic carbocycles. The highest BCUT2D eigenvalue weighted by molar-refractivity contribution is 7.94. The molecule has 4 heteroatoms. The zero-order chi connectivity index (χ0) is 10.6. The van der Waals surface area contributed by atoms with Gasteiger partial charge in [-0.3, -0.25) is 0 Å². The SMILES string of the molecule is C=CC(=C(F)C=C(C)C)S(C)(=O)=O. The molecule has 0 bridgehead atoms. The normalized spacial score (nSPS) is 13.2. The summed E-state index contributed by atoms with van der Waals surface area (Å²) < 4.78 is 35.1. The Labute approximate surface area is 78.4 Å². The van der Waals surface area contributed by atoms with Gasteiger partial charge in [-0.05, 0) is 26.0 Å². The molecule has 0 aromatic rings. The van der Waals surface area contributed by atoms with Gasteiger partial charge in [-0.2, -0.15) is 0 Å². The molecule has 0 amide bonds. The second-order valence-corrected chi connectivity index (χ2v) is 4.89. The Morgan fingerprint density at radius 2 is 1.85 bits per heavy atom. The van der Waals surface area contributed by atoms with Crippen LogP contribution in [0.15, 0.2) is 35.0 Å². The van der Waals surface area contributed by atoms with E-state index < -0.39 is 15.7 Å². The largest absolute Gasteiger partial charge is 0.224 e. The van der Waals surface area contributed by atoms with Gasteiger partial charge >= 0.3 is 0 Å². The molecule has 0 saturated carbocycles. The molecule has 0 fully saturated rings. The van der Waals surface area contributed by atoms with Crippen LogP contribution >= 0.6 is 0 Å². The van der Waals surface area contributed by atoms with Crippen LogP contribution in [0, 0.1) is 0 Å². The van der Waals surface area contributed by atoms with E-state index >= 15 is 0 Å². The monoisotopic (exact) mass is 204 g/mol. The van der Waals surface area contributed by atoms with Crippen LogP contribution in [-0.2, 0) is 9.84 Å². The highest BCUT2D eigenvalue weighted by atomic mass is 32.2. The molecule has 13 heavy (non-hydrogen) atoms. The number of sulfone groups is 1. The summed E-state index contributed by atoms with van der Waals surface area (Å²) in [5, 5.41) is 0. The first kappa shape index (κ1) is 12.1. The van der Waals surface area contributed by atoms with E-state index in [1.807, 2.05) is 0 Å². The Hall–Kier alpha value is -0.900. The lowest BCUT2D eigenvalue weighted by atomic mass is 10.3. The van der Waals surface area contributed by atoms with E-state index in [0.29, 0.717) is 5.57 Å². The van der Waals surface area contributed by atoms with E-state index in [1.54, 1.807) is 13.8 Å². The van der Waals surface area contributed by atoms with Crippen molar-refractivity contribution in [2.45, 2.75) is 13.8 Å². The van der Waals surface area contributed by atoms with Crippen LogP contribution < -0.4 is 0 Å². The first-order valence-corrected chi connectivity index (χ1v) is 5.55. The molecule has 0 heterocycles. The third-order valence-electron chi connectivity index (χ3n) is 1.24. The van der Waals surface area contributed by atoms with Gasteiger partial charge in [0.1, 0.15) is 10.7 Å². The Balaban J connectivity index is 5.42. The highest BCUT2D eigenvalue weighted by Crippen LogP contribution is 2.16. The van der Waals surface area contributed by atoms with Gasteiger partial charge in [0.2, 0.25) is 0 Å². The fraction of sp³-hybridized carbons (Fsp3) is 0.333. The van der Waals surface area contributed by atoms with Crippen LogP contribution in [-0.4, -0.2) is 14.7 Å². The number of hydrogen-bond donors (Lipinski definition) is 0. The second kappa shape index (κ2) is 4.37. The molecule has 0 aliphatic rings. The minimum Gasteiger partial charge on any atom is -0.224 e. The third-order valence-corrected chi connectivity index (χ3v) is 2.40. The van der Waals surface area contributed by atoms with Crippen molar-refractivity contribution in [2.24, 2.45) is 0 Å². The minimum atomic E-state index is -3.52. The molecular weight excluding hydrogens is 191 g/mol. The Bertz CT molecular complexity index is 357. The van der Waals surface area contributed by atoms with Crippen LogP contribution in [0.25, 0.3) is 0 Å². The van der Waals surface area contributed by atoms with Crippen molar-refractivity contribution in [1.82, 2.24) is 0 Å². The maximum atomic E-state index is 13.2. The average molecular weight is 204 g/mol. The maximum absolute atomic E-state index is 13.2. The van der Waals surface area contributed by atoms with Gasteiger partial charge in [0.15, 0.2) is 9.84 Å².